The molecule has 9 nitrogen and oxygen atoms in total. The topological polar surface area (TPSA) is 114 Å². The fourth-order valence-electron chi connectivity index (χ4n) is 4.99. The fraction of sp³-hybridized carbons (Fsp3) is 0.200. The van der Waals surface area contributed by atoms with E-state index in [0.717, 1.165) is 17.0 Å². The van der Waals surface area contributed by atoms with Gasteiger partial charge >= 0.3 is 5.97 Å². The molecule has 0 unspecified atom stereocenters. The lowest BCUT2D eigenvalue weighted by Gasteiger charge is -2.23. The quantitative estimate of drug-likeness (QED) is 0.302. The first kappa shape index (κ1) is 28.7. The number of nitrogens with one attached hydrogen (secondary N) is 1. The van der Waals surface area contributed by atoms with Gasteiger partial charge in [-0.1, -0.05) is 29.8 Å². The number of aromatic nitrogens is 2. The minimum Gasteiger partial charge on any atom is -0.493 e. The zero-order valence-electron chi connectivity index (χ0n) is 22.6. The molecule has 3 aromatic carbocycles. The highest BCUT2D eigenvalue weighted by atomic mass is 35.5. The Morgan fingerprint density at radius 1 is 1.12 bits per heavy atom. The summed E-state index contributed by atoms with van der Waals surface area (Å²) in [7, 11) is 1.67. The predicted octanol–water partition coefficient (Wildman–Crippen LogP) is 5.24. The Hall–Kier alpha value is -4.77. The Morgan fingerprint density at radius 2 is 1.88 bits per heavy atom. The van der Waals surface area contributed by atoms with Crippen molar-refractivity contribution in [3.05, 3.63) is 99.2 Å². The van der Waals surface area contributed by atoms with Crippen LogP contribution in [0.2, 0.25) is 5.02 Å². The Labute approximate surface area is 244 Å². The number of nitrogens with zero attached hydrogens (tertiary/aromatic N) is 3. The number of hydrogen-bond donors (Lipinski definition) is 2. The summed E-state index contributed by atoms with van der Waals surface area (Å²) in [4.78, 5) is 39.9. The summed E-state index contributed by atoms with van der Waals surface area (Å²) in [5, 5.41) is 16.7. The smallest absolute Gasteiger partial charge is 0.336 e. The van der Waals surface area contributed by atoms with E-state index in [1.165, 1.54) is 29.8 Å². The fourth-order valence-corrected chi connectivity index (χ4v) is 5.16. The van der Waals surface area contributed by atoms with Gasteiger partial charge in [-0.3, -0.25) is 14.3 Å². The number of amides is 2. The molecule has 12 heteroatoms. The summed E-state index contributed by atoms with van der Waals surface area (Å²) in [6.07, 6.45) is 0.322. The number of fused-ring (bicyclic) bond motifs is 3. The standard InChI is InChI=1S/C30H25ClF2N4O5/c1-16-19(30(40)41)8-9-23(33)26(16)34-25(38)15-37(14-17-5-3-4-6-22(17)32)29(39)27-20-11-12-42-24-10-7-18(31)13-21(24)28(20)36(2)35-27/h3-10,13H,11-12,14-15H2,1-2H3,(H,34,38)(H,40,41). The van der Waals surface area contributed by atoms with Crippen LogP contribution in [0.1, 0.15) is 37.5 Å². The Kier molecular flexibility index (Phi) is 7.95. The van der Waals surface area contributed by atoms with Gasteiger partial charge in [0, 0.05) is 41.7 Å². The van der Waals surface area contributed by atoms with Crippen molar-refractivity contribution in [1.29, 1.82) is 0 Å². The normalized spacial score (nSPS) is 12.0. The summed E-state index contributed by atoms with van der Waals surface area (Å²) in [5.41, 5.74) is 1.52. The van der Waals surface area contributed by atoms with Crippen LogP contribution in [-0.4, -0.2) is 50.7 Å². The van der Waals surface area contributed by atoms with E-state index in [9.17, 15) is 28.3 Å². The molecular weight excluding hydrogens is 570 g/mol. The molecule has 0 radical (unpaired) electrons. The molecule has 2 amide bonds. The van der Waals surface area contributed by atoms with Gasteiger partial charge in [-0.05, 0) is 48.9 Å². The number of carbonyl (C=O) groups is 3. The van der Waals surface area contributed by atoms with Crippen molar-refractivity contribution in [2.75, 3.05) is 18.5 Å². The Bertz CT molecular complexity index is 1740. The maximum absolute atomic E-state index is 14.7. The number of aromatic carboxylic acids is 1. The second-order valence-corrected chi connectivity index (χ2v) is 10.2. The Morgan fingerprint density at radius 3 is 2.62 bits per heavy atom. The Balaban J connectivity index is 1.51. The van der Waals surface area contributed by atoms with Gasteiger partial charge < -0.3 is 20.1 Å². The number of anilines is 1. The van der Waals surface area contributed by atoms with Gasteiger partial charge in [-0.2, -0.15) is 5.10 Å². The van der Waals surface area contributed by atoms with Crippen LogP contribution in [0, 0.1) is 18.6 Å². The zero-order chi connectivity index (χ0) is 30.1. The molecule has 0 aliphatic carbocycles. The maximum atomic E-state index is 14.7. The average Bonchev–Trinajstić information content (AvgIpc) is 3.15. The SMILES string of the molecule is Cc1c(C(=O)O)ccc(F)c1NC(=O)CN(Cc1ccccc1F)C(=O)c1nn(C)c2c1CCOc1ccc(Cl)cc1-2. The van der Waals surface area contributed by atoms with Gasteiger partial charge in [0.15, 0.2) is 5.69 Å². The minimum absolute atomic E-state index is 0.00945. The van der Waals surface area contributed by atoms with Crippen LogP contribution >= 0.6 is 11.6 Å². The van der Waals surface area contributed by atoms with Crippen molar-refractivity contribution in [3.63, 3.8) is 0 Å². The van der Waals surface area contributed by atoms with E-state index in [0.29, 0.717) is 34.0 Å². The van der Waals surface area contributed by atoms with Crippen LogP contribution in [0.5, 0.6) is 5.75 Å². The van der Waals surface area contributed by atoms with Gasteiger partial charge in [-0.15, -0.1) is 0 Å². The molecule has 0 saturated carbocycles. The molecule has 0 atom stereocenters. The number of halogens is 3. The number of carboxylic acids is 1. The lowest BCUT2D eigenvalue weighted by Crippen LogP contribution is -2.38. The van der Waals surface area contributed by atoms with Crippen molar-refractivity contribution in [2.24, 2.45) is 7.05 Å². The predicted molar refractivity (Wildman–Crippen MR) is 151 cm³/mol. The molecule has 4 aromatic rings. The molecular formula is C30H25ClF2N4O5. The van der Waals surface area contributed by atoms with Crippen molar-refractivity contribution in [1.82, 2.24) is 14.7 Å². The first-order valence-electron chi connectivity index (χ1n) is 12.9. The summed E-state index contributed by atoms with van der Waals surface area (Å²) in [5.74, 6) is -3.61. The summed E-state index contributed by atoms with van der Waals surface area (Å²) >= 11 is 6.25. The van der Waals surface area contributed by atoms with Gasteiger partial charge in [0.1, 0.15) is 23.9 Å². The lowest BCUT2D eigenvalue weighted by atomic mass is 10.0. The maximum Gasteiger partial charge on any atom is 0.336 e. The number of carboxylic acid groups (broad SMARTS) is 1. The van der Waals surface area contributed by atoms with Crippen LogP contribution in [0.25, 0.3) is 11.3 Å². The van der Waals surface area contributed by atoms with Gasteiger partial charge in [0.25, 0.3) is 5.91 Å². The molecule has 216 valence electrons. The van der Waals surface area contributed by atoms with Crippen LogP contribution < -0.4 is 10.1 Å². The van der Waals surface area contributed by atoms with E-state index >= 15 is 0 Å². The van der Waals surface area contributed by atoms with Crippen LogP contribution in [0.3, 0.4) is 0 Å². The van der Waals surface area contributed by atoms with Crippen molar-refractivity contribution in [2.45, 2.75) is 19.9 Å². The molecule has 42 heavy (non-hydrogen) atoms. The molecule has 2 heterocycles. The number of benzene rings is 3. The molecule has 1 aliphatic heterocycles. The molecule has 0 spiro atoms. The molecule has 1 aromatic heterocycles. The van der Waals surface area contributed by atoms with E-state index in [-0.39, 0.29) is 41.2 Å². The van der Waals surface area contributed by atoms with Gasteiger partial charge in [-0.25, -0.2) is 13.6 Å². The molecule has 0 saturated heterocycles. The monoisotopic (exact) mass is 594 g/mol. The highest BCUT2D eigenvalue weighted by Crippen LogP contribution is 2.38. The molecule has 5 rings (SSSR count). The molecule has 0 fully saturated rings. The number of carbonyl (C=O) groups excluding carboxylic acids is 2. The zero-order valence-corrected chi connectivity index (χ0v) is 23.3. The third kappa shape index (κ3) is 5.55. The summed E-state index contributed by atoms with van der Waals surface area (Å²) in [6, 6.07) is 13.0. The third-order valence-corrected chi connectivity index (χ3v) is 7.24. The van der Waals surface area contributed by atoms with Gasteiger partial charge in [0.05, 0.1) is 23.6 Å². The number of hydrogen-bond acceptors (Lipinski definition) is 5. The first-order chi connectivity index (χ1) is 20.0. The first-order valence-corrected chi connectivity index (χ1v) is 13.3. The van der Waals surface area contributed by atoms with Crippen LogP contribution in [0.15, 0.2) is 54.6 Å². The summed E-state index contributed by atoms with van der Waals surface area (Å²) < 4.78 is 36.7. The highest BCUT2D eigenvalue weighted by molar-refractivity contribution is 6.31. The van der Waals surface area contributed by atoms with E-state index in [1.807, 2.05) is 0 Å². The second-order valence-electron chi connectivity index (χ2n) is 9.74. The number of rotatable bonds is 7. The highest BCUT2D eigenvalue weighted by Gasteiger charge is 2.31. The minimum atomic E-state index is -1.29. The van der Waals surface area contributed by atoms with E-state index < -0.39 is 36.0 Å². The van der Waals surface area contributed by atoms with E-state index in [1.54, 1.807) is 31.3 Å². The lowest BCUT2D eigenvalue weighted by molar-refractivity contribution is -0.117. The molecule has 1 aliphatic rings. The van der Waals surface area contributed by atoms with Crippen molar-refractivity contribution in [3.8, 4) is 17.0 Å². The van der Waals surface area contributed by atoms with E-state index in [4.69, 9.17) is 16.3 Å². The number of aryl methyl sites for hydroxylation is 1. The number of ether oxygens (including phenoxy) is 1. The van der Waals surface area contributed by atoms with Crippen molar-refractivity contribution >= 4 is 35.1 Å². The largest absolute Gasteiger partial charge is 0.493 e. The summed E-state index contributed by atoms with van der Waals surface area (Å²) in [6.45, 7) is 0.715. The molecule has 2 N–H and O–H groups in total. The third-order valence-electron chi connectivity index (χ3n) is 7.00. The van der Waals surface area contributed by atoms with Crippen LogP contribution in [0.4, 0.5) is 14.5 Å². The van der Waals surface area contributed by atoms with Gasteiger partial charge in [0.2, 0.25) is 5.91 Å². The van der Waals surface area contributed by atoms with Crippen molar-refractivity contribution < 1.29 is 33.0 Å². The average molecular weight is 595 g/mol. The van der Waals surface area contributed by atoms with Crippen LogP contribution in [-0.2, 0) is 24.8 Å². The van der Waals surface area contributed by atoms with E-state index in [2.05, 4.69) is 10.4 Å². The second kappa shape index (κ2) is 11.6. The molecule has 0 bridgehead atoms.